The molecule has 1 aromatic heterocycles. The van der Waals surface area contributed by atoms with Crippen LogP contribution in [0, 0.1) is 10.1 Å². The lowest BCUT2D eigenvalue weighted by molar-refractivity contribution is -0.385. The molecule has 2 heterocycles. The lowest BCUT2D eigenvalue weighted by Crippen LogP contribution is -2.33. The number of hydrogen-bond donors (Lipinski definition) is 1. The molecular formula is C15H12Cl2N4O3. The predicted molar refractivity (Wildman–Crippen MR) is 91.7 cm³/mol. The summed E-state index contributed by atoms with van der Waals surface area (Å²) >= 11 is 12.0. The molecule has 0 saturated carbocycles. The molecular weight excluding hydrogens is 355 g/mol. The van der Waals surface area contributed by atoms with E-state index in [0.29, 0.717) is 18.0 Å². The quantitative estimate of drug-likeness (QED) is 0.660. The van der Waals surface area contributed by atoms with Crippen molar-refractivity contribution < 1.29 is 9.72 Å². The van der Waals surface area contributed by atoms with Crippen molar-refractivity contribution in [3.63, 3.8) is 0 Å². The van der Waals surface area contributed by atoms with Crippen LogP contribution in [-0.4, -0.2) is 28.4 Å². The number of amides is 1. The van der Waals surface area contributed by atoms with Gasteiger partial charge in [-0.3, -0.25) is 14.9 Å². The Morgan fingerprint density at radius 2 is 2.12 bits per heavy atom. The van der Waals surface area contributed by atoms with E-state index in [1.165, 1.54) is 6.07 Å². The summed E-state index contributed by atoms with van der Waals surface area (Å²) in [6, 6.07) is 7.74. The highest BCUT2D eigenvalue weighted by Crippen LogP contribution is 2.28. The van der Waals surface area contributed by atoms with E-state index in [1.807, 2.05) is 6.07 Å². The summed E-state index contributed by atoms with van der Waals surface area (Å²) in [5.41, 5.74) is 0.517. The van der Waals surface area contributed by atoms with Crippen LogP contribution in [0.2, 0.25) is 10.0 Å². The number of carbonyl (C=O) groups excluding carboxylic acids is 1. The lowest BCUT2D eigenvalue weighted by atomic mass is 10.2. The number of rotatable bonds is 4. The Hall–Kier alpha value is -2.38. The van der Waals surface area contributed by atoms with Gasteiger partial charge in [-0.15, -0.1) is 0 Å². The number of nitrogens with zero attached hydrogens (tertiary/aromatic N) is 3. The molecule has 1 amide bonds. The van der Waals surface area contributed by atoms with E-state index < -0.39 is 11.0 Å². The standard InChI is InChI=1S/C15H12Cl2N4O3/c16-9-2-1-3-10(6-9)20-5-4-13(15(20)22)19-14-12(17)7-11(8-18-14)21(23)24/h1-3,6-8,13H,4-5H2,(H,18,19). The molecule has 124 valence electrons. The summed E-state index contributed by atoms with van der Waals surface area (Å²) in [6.45, 7) is 0.529. The summed E-state index contributed by atoms with van der Waals surface area (Å²) < 4.78 is 0. The summed E-state index contributed by atoms with van der Waals surface area (Å²) in [4.78, 5) is 28.2. The largest absolute Gasteiger partial charge is 0.357 e. The third-order valence-corrected chi connectivity index (χ3v) is 4.20. The molecule has 0 aliphatic carbocycles. The van der Waals surface area contributed by atoms with Gasteiger partial charge >= 0.3 is 0 Å². The van der Waals surface area contributed by atoms with E-state index in [1.54, 1.807) is 23.1 Å². The van der Waals surface area contributed by atoms with Crippen LogP contribution in [0.15, 0.2) is 36.5 Å². The topological polar surface area (TPSA) is 88.4 Å². The minimum absolute atomic E-state index is 0.0956. The number of halogens is 2. The fourth-order valence-corrected chi connectivity index (χ4v) is 2.91. The summed E-state index contributed by atoms with van der Waals surface area (Å²) in [7, 11) is 0. The van der Waals surface area contributed by atoms with E-state index >= 15 is 0 Å². The van der Waals surface area contributed by atoms with Gasteiger partial charge in [0.05, 0.1) is 9.95 Å². The Labute approximate surface area is 147 Å². The molecule has 1 aliphatic rings. The van der Waals surface area contributed by atoms with Crippen molar-refractivity contribution in [2.75, 3.05) is 16.8 Å². The Morgan fingerprint density at radius 1 is 1.33 bits per heavy atom. The maximum Gasteiger partial charge on any atom is 0.289 e. The number of nitrogens with one attached hydrogen (secondary N) is 1. The van der Waals surface area contributed by atoms with Crippen molar-refractivity contribution in [3.05, 3.63) is 56.7 Å². The van der Waals surface area contributed by atoms with Crippen LogP contribution in [-0.2, 0) is 4.79 Å². The molecule has 1 N–H and O–H groups in total. The number of nitro groups is 1. The minimum Gasteiger partial charge on any atom is -0.357 e. The van der Waals surface area contributed by atoms with Crippen molar-refractivity contribution in [1.29, 1.82) is 0 Å². The molecule has 0 bridgehead atoms. The second-order valence-electron chi connectivity index (χ2n) is 5.24. The van der Waals surface area contributed by atoms with Crippen LogP contribution in [0.5, 0.6) is 0 Å². The highest BCUT2D eigenvalue weighted by Gasteiger charge is 2.33. The van der Waals surface area contributed by atoms with Gasteiger partial charge in [0.15, 0.2) is 0 Å². The fraction of sp³-hybridized carbons (Fsp3) is 0.200. The molecule has 1 aliphatic heterocycles. The van der Waals surface area contributed by atoms with Gasteiger partial charge in [-0.25, -0.2) is 4.98 Å². The Balaban J connectivity index is 1.75. The van der Waals surface area contributed by atoms with Gasteiger partial charge < -0.3 is 10.2 Å². The Bertz CT molecular complexity index is 815. The Kier molecular flexibility index (Phi) is 4.55. The van der Waals surface area contributed by atoms with Crippen molar-refractivity contribution in [2.24, 2.45) is 0 Å². The first-order chi connectivity index (χ1) is 11.5. The van der Waals surface area contributed by atoms with Crippen LogP contribution in [0.25, 0.3) is 0 Å². The zero-order chi connectivity index (χ0) is 17.3. The van der Waals surface area contributed by atoms with Gasteiger partial charge in [-0.05, 0) is 24.6 Å². The van der Waals surface area contributed by atoms with Crippen LogP contribution in [0.1, 0.15) is 6.42 Å². The highest BCUT2D eigenvalue weighted by molar-refractivity contribution is 6.33. The van der Waals surface area contributed by atoms with Crippen molar-refractivity contribution in [3.8, 4) is 0 Å². The maximum atomic E-state index is 12.5. The number of carbonyl (C=O) groups is 1. The molecule has 24 heavy (non-hydrogen) atoms. The summed E-state index contributed by atoms with van der Waals surface area (Å²) in [6.07, 6.45) is 1.66. The SMILES string of the molecule is O=C1C(Nc2ncc([N+](=O)[O-])cc2Cl)CCN1c1cccc(Cl)c1. The van der Waals surface area contributed by atoms with E-state index in [-0.39, 0.29) is 22.4 Å². The number of pyridine rings is 1. The van der Waals surface area contributed by atoms with Gasteiger partial charge in [-0.1, -0.05) is 29.3 Å². The molecule has 0 radical (unpaired) electrons. The Morgan fingerprint density at radius 3 is 2.79 bits per heavy atom. The number of anilines is 2. The third kappa shape index (κ3) is 3.27. The van der Waals surface area contributed by atoms with Crippen LogP contribution < -0.4 is 10.2 Å². The second kappa shape index (κ2) is 6.62. The zero-order valence-corrected chi connectivity index (χ0v) is 13.8. The molecule has 1 atom stereocenters. The van der Waals surface area contributed by atoms with E-state index in [2.05, 4.69) is 10.3 Å². The number of benzene rings is 1. The van der Waals surface area contributed by atoms with Gasteiger partial charge in [0.1, 0.15) is 18.1 Å². The van der Waals surface area contributed by atoms with Crippen LogP contribution in [0.3, 0.4) is 0 Å². The van der Waals surface area contributed by atoms with E-state index in [4.69, 9.17) is 23.2 Å². The summed E-state index contributed by atoms with van der Waals surface area (Å²) in [5.74, 6) is 0.113. The third-order valence-electron chi connectivity index (χ3n) is 3.67. The highest BCUT2D eigenvalue weighted by atomic mass is 35.5. The molecule has 0 spiro atoms. The first kappa shape index (κ1) is 16.5. The number of aromatic nitrogens is 1. The molecule has 7 nitrogen and oxygen atoms in total. The van der Waals surface area contributed by atoms with Crippen LogP contribution in [0.4, 0.5) is 17.2 Å². The van der Waals surface area contributed by atoms with E-state index in [0.717, 1.165) is 11.9 Å². The lowest BCUT2D eigenvalue weighted by Gasteiger charge is -2.18. The van der Waals surface area contributed by atoms with Crippen molar-refractivity contribution in [2.45, 2.75) is 12.5 Å². The average molecular weight is 367 g/mol. The molecule has 1 aromatic carbocycles. The smallest absolute Gasteiger partial charge is 0.289 e. The summed E-state index contributed by atoms with van der Waals surface area (Å²) in [5, 5.41) is 14.3. The first-order valence-electron chi connectivity index (χ1n) is 7.09. The van der Waals surface area contributed by atoms with Gasteiger partial charge in [-0.2, -0.15) is 0 Å². The minimum atomic E-state index is -0.579. The molecule has 1 fully saturated rings. The molecule has 1 saturated heterocycles. The van der Waals surface area contributed by atoms with Crippen LogP contribution >= 0.6 is 23.2 Å². The van der Waals surface area contributed by atoms with Gasteiger partial charge in [0.25, 0.3) is 5.69 Å². The maximum absolute atomic E-state index is 12.5. The monoisotopic (exact) mass is 366 g/mol. The first-order valence-corrected chi connectivity index (χ1v) is 7.85. The fourth-order valence-electron chi connectivity index (χ4n) is 2.51. The normalized spacial score (nSPS) is 17.2. The van der Waals surface area contributed by atoms with Crippen molar-refractivity contribution >= 4 is 46.3 Å². The number of hydrogen-bond acceptors (Lipinski definition) is 5. The second-order valence-corrected chi connectivity index (χ2v) is 6.08. The van der Waals surface area contributed by atoms with Crippen molar-refractivity contribution in [1.82, 2.24) is 4.98 Å². The molecule has 3 rings (SSSR count). The van der Waals surface area contributed by atoms with Gasteiger partial charge in [0, 0.05) is 23.3 Å². The predicted octanol–water partition coefficient (Wildman–Crippen LogP) is 3.51. The molecule has 2 aromatic rings. The zero-order valence-electron chi connectivity index (χ0n) is 12.3. The average Bonchev–Trinajstić information content (AvgIpc) is 2.90. The molecule has 1 unspecified atom stereocenters. The van der Waals surface area contributed by atoms with E-state index in [9.17, 15) is 14.9 Å². The molecule has 9 heteroatoms. The van der Waals surface area contributed by atoms with Gasteiger partial charge in [0.2, 0.25) is 5.91 Å².